The van der Waals surface area contributed by atoms with Gasteiger partial charge in [-0.25, -0.2) is 9.97 Å². The van der Waals surface area contributed by atoms with Crippen molar-refractivity contribution < 1.29 is 45.8 Å². The van der Waals surface area contributed by atoms with Crippen molar-refractivity contribution in [1.82, 2.24) is 19.8 Å². The van der Waals surface area contributed by atoms with Gasteiger partial charge < -0.3 is 29.4 Å². The molecule has 2 aromatic heterocycles. The van der Waals surface area contributed by atoms with Gasteiger partial charge in [0.2, 0.25) is 0 Å². The second-order valence-corrected chi connectivity index (χ2v) is 15.0. The van der Waals surface area contributed by atoms with Gasteiger partial charge in [0.05, 0.1) is 34.6 Å². The number of anilines is 2. The summed E-state index contributed by atoms with van der Waals surface area (Å²) in [4.78, 5) is 41.3. The summed E-state index contributed by atoms with van der Waals surface area (Å²) in [6, 6.07) is 26.7. The van der Waals surface area contributed by atoms with Crippen LogP contribution in [0.15, 0.2) is 138 Å². The molecule has 9 rings (SSSR count). The summed E-state index contributed by atoms with van der Waals surface area (Å²) >= 11 is 0. The zero-order chi connectivity index (χ0) is 42.9. The topological polar surface area (TPSA) is 102 Å². The van der Waals surface area contributed by atoms with Crippen molar-refractivity contribution in [2.45, 2.75) is 19.0 Å². The number of amides is 2. The highest BCUT2D eigenvalue weighted by Gasteiger charge is 2.40. The molecule has 2 amide bonds. The summed E-state index contributed by atoms with van der Waals surface area (Å²) in [6.07, 6.45) is -6.08. The molecule has 4 aliphatic heterocycles. The number of carbonyl (C=O) groups excluding carboxylic acids is 2. The van der Waals surface area contributed by atoms with Crippen molar-refractivity contribution in [3.05, 3.63) is 166 Å². The molecule has 61 heavy (non-hydrogen) atoms. The van der Waals surface area contributed by atoms with Gasteiger partial charge in [-0.2, -0.15) is 26.3 Å². The van der Waals surface area contributed by atoms with E-state index < -0.39 is 35.3 Å². The smallest absolute Gasteiger partial charge is 0.417 e. The van der Waals surface area contributed by atoms with Crippen molar-refractivity contribution in [2.24, 2.45) is 0 Å². The third-order valence-corrected chi connectivity index (χ3v) is 10.9. The Kier molecular flexibility index (Phi) is 11.2. The number of halogens is 6. The number of carbonyl (C=O) groups is 2. The molecule has 4 aliphatic rings. The average molecular weight is 841 g/mol. The highest BCUT2D eigenvalue weighted by molar-refractivity contribution is 5.97. The third-order valence-electron chi connectivity index (χ3n) is 10.9. The van der Waals surface area contributed by atoms with E-state index in [0.717, 1.165) is 45.8 Å². The van der Waals surface area contributed by atoms with Crippen LogP contribution in [0.2, 0.25) is 0 Å². The number of ether oxygens (including phenoxy) is 1. The number of hydrogen-bond acceptors (Lipinski definition) is 8. The molecule has 0 atom stereocenters. The van der Waals surface area contributed by atoms with Crippen LogP contribution in [0.25, 0.3) is 0 Å². The van der Waals surface area contributed by atoms with Gasteiger partial charge in [-0.15, -0.1) is 0 Å². The molecular weight excluding hydrogens is 803 g/mol. The molecule has 0 unspecified atom stereocenters. The minimum Gasteiger partial charge on any atom is -0.506 e. The monoisotopic (exact) mass is 840 g/mol. The summed E-state index contributed by atoms with van der Waals surface area (Å²) < 4.78 is 85.3. The Morgan fingerprint density at radius 3 is 1.38 bits per heavy atom. The Labute approximate surface area is 346 Å². The molecule has 10 nitrogen and oxygen atoms in total. The lowest BCUT2D eigenvalue weighted by Crippen LogP contribution is -2.35. The molecule has 0 bridgehead atoms. The lowest BCUT2D eigenvalue weighted by Gasteiger charge is -2.24. The Morgan fingerprint density at radius 2 is 0.967 bits per heavy atom. The second kappa shape index (κ2) is 16.7. The van der Waals surface area contributed by atoms with Crippen molar-refractivity contribution in [3.63, 3.8) is 0 Å². The molecular formula is C45H38F6N6O4. The molecule has 5 aromatic rings. The molecule has 0 fully saturated rings. The van der Waals surface area contributed by atoms with Gasteiger partial charge in [0.1, 0.15) is 29.7 Å². The van der Waals surface area contributed by atoms with Crippen LogP contribution in [-0.4, -0.2) is 89.0 Å². The third kappa shape index (κ3) is 9.03. The van der Waals surface area contributed by atoms with Gasteiger partial charge in [0.25, 0.3) is 11.8 Å². The van der Waals surface area contributed by atoms with Crippen LogP contribution in [0.3, 0.4) is 0 Å². The van der Waals surface area contributed by atoms with Crippen molar-refractivity contribution >= 4 is 23.5 Å². The van der Waals surface area contributed by atoms with Gasteiger partial charge in [-0.3, -0.25) is 9.59 Å². The molecule has 0 saturated carbocycles. The predicted molar refractivity (Wildman–Crippen MR) is 214 cm³/mol. The van der Waals surface area contributed by atoms with Gasteiger partial charge in [0, 0.05) is 52.4 Å². The zero-order valence-electron chi connectivity index (χ0n) is 32.5. The Balaban J connectivity index is 0.000000173. The Hall–Kier alpha value is -6.84. The standard InChI is InChI=1S/C26H22F3N3O2.C19H16F3N3O2/c27-26(28,29)23-9-5-4-8-22(23)25(33)32-15-19-13-31(14-20(19)16-32)24-11-10-21(12-30-24)34-17-18-6-2-1-3-7-18;20-19(21,22)16-4-2-1-3-15(16)18(27)25-10-12-8-24(9-13(12)11-25)17-6-5-14(26)7-23-17/h1-12H,13-17H2;1-7,26H,8-11H2. The fourth-order valence-corrected chi connectivity index (χ4v) is 7.90. The summed E-state index contributed by atoms with van der Waals surface area (Å²) in [5.41, 5.74) is 2.83. The summed E-state index contributed by atoms with van der Waals surface area (Å²) in [6.45, 7) is 4.07. The largest absolute Gasteiger partial charge is 0.506 e. The van der Waals surface area contributed by atoms with E-state index in [-0.39, 0.29) is 16.9 Å². The maximum absolute atomic E-state index is 13.3. The zero-order valence-corrected chi connectivity index (χ0v) is 32.5. The number of hydrogen-bond donors (Lipinski definition) is 1. The average Bonchev–Trinajstić information content (AvgIpc) is 4.04. The Bertz CT molecular complexity index is 2450. The van der Waals surface area contributed by atoms with E-state index in [2.05, 4.69) is 14.9 Å². The summed E-state index contributed by atoms with van der Waals surface area (Å²) in [7, 11) is 0. The number of aromatic hydroxyl groups is 1. The van der Waals surface area contributed by atoms with E-state index in [0.29, 0.717) is 70.5 Å². The number of rotatable bonds is 7. The maximum atomic E-state index is 13.3. The number of aromatic nitrogens is 2. The number of benzene rings is 3. The first kappa shape index (κ1) is 40.9. The van der Waals surface area contributed by atoms with E-state index in [4.69, 9.17) is 4.74 Å². The maximum Gasteiger partial charge on any atom is 0.417 e. The van der Waals surface area contributed by atoms with E-state index in [1.807, 2.05) is 47.4 Å². The highest BCUT2D eigenvalue weighted by atomic mass is 19.4. The molecule has 16 heteroatoms. The molecule has 0 aliphatic carbocycles. The van der Waals surface area contributed by atoms with Crippen LogP contribution in [0, 0.1) is 0 Å². The van der Waals surface area contributed by atoms with Crippen molar-refractivity contribution in [1.29, 1.82) is 0 Å². The van der Waals surface area contributed by atoms with Crippen LogP contribution in [0.1, 0.15) is 37.4 Å². The number of nitrogens with zero attached hydrogens (tertiary/aromatic N) is 6. The number of alkyl halides is 6. The SMILES string of the molecule is O=C(c1ccccc1C(F)(F)F)N1CC2=C(C1)CN(c1ccc(O)cn1)C2.O=C(c1ccccc1C(F)(F)F)N1CC2=C(C1)CN(c1ccc(OCc3ccccc3)cn1)C2. The minimum atomic E-state index is -4.57. The van der Waals surface area contributed by atoms with Crippen LogP contribution < -0.4 is 14.5 Å². The summed E-state index contributed by atoms with van der Waals surface area (Å²) in [5.74, 6) is 1.06. The van der Waals surface area contributed by atoms with E-state index in [9.17, 15) is 41.0 Å². The molecule has 1 N–H and O–H groups in total. The first-order chi connectivity index (χ1) is 29.2. The molecule has 314 valence electrons. The van der Waals surface area contributed by atoms with E-state index in [1.54, 1.807) is 18.3 Å². The molecule has 0 radical (unpaired) electrons. The van der Waals surface area contributed by atoms with Gasteiger partial charge in [-0.05, 0) is 76.4 Å². The van der Waals surface area contributed by atoms with Gasteiger partial charge >= 0.3 is 12.4 Å². The Morgan fingerprint density at radius 1 is 0.541 bits per heavy atom. The second-order valence-electron chi connectivity index (χ2n) is 15.0. The number of pyridine rings is 2. The van der Waals surface area contributed by atoms with Crippen LogP contribution >= 0.6 is 0 Å². The van der Waals surface area contributed by atoms with Crippen LogP contribution in [0.5, 0.6) is 11.5 Å². The fraction of sp³-hybridized carbons (Fsp3) is 0.244. The van der Waals surface area contributed by atoms with Crippen molar-refractivity contribution in [2.75, 3.05) is 62.2 Å². The van der Waals surface area contributed by atoms with Gasteiger partial charge in [0.15, 0.2) is 0 Å². The lowest BCUT2D eigenvalue weighted by molar-refractivity contribution is -0.138. The molecule has 3 aromatic carbocycles. The minimum absolute atomic E-state index is 0.0820. The lowest BCUT2D eigenvalue weighted by atomic mass is 10.1. The van der Waals surface area contributed by atoms with Crippen LogP contribution in [0.4, 0.5) is 38.0 Å². The van der Waals surface area contributed by atoms with Gasteiger partial charge in [-0.1, -0.05) is 54.6 Å². The highest BCUT2D eigenvalue weighted by Crippen LogP contribution is 2.36. The molecule has 6 heterocycles. The normalized spacial score (nSPS) is 16.2. The first-order valence-corrected chi connectivity index (χ1v) is 19.3. The predicted octanol–water partition coefficient (Wildman–Crippen LogP) is 8.03. The molecule has 0 saturated heterocycles. The van der Waals surface area contributed by atoms with E-state index in [1.165, 1.54) is 52.4 Å². The first-order valence-electron chi connectivity index (χ1n) is 19.3. The molecule has 0 spiro atoms. The quantitative estimate of drug-likeness (QED) is 0.130. The fourth-order valence-electron chi connectivity index (χ4n) is 7.90. The van der Waals surface area contributed by atoms with Crippen LogP contribution in [-0.2, 0) is 19.0 Å². The van der Waals surface area contributed by atoms with E-state index >= 15 is 0 Å². The summed E-state index contributed by atoms with van der Waals surface area (Å²) in [5, 5.41) is 9.33. The van der Waals surface area contributed by atoms with Crippen molar-refractivity contribution in [3.8, 4) is 11.5 Å².